The number of nitrogens with zero attached hydrogens (tertiary/aromatic N) is 1. The second-order valence-electron chi connectivity index (χ2n) is 5.98. The number of piperidine rings is 1. The standard InChI is InChI=1S/C17H19N3O4/c18-15(21)10-20-7-5-12(6-8-20)19-16(22)13-9-11-3-1-2-4-14(11)24-17(13)23/h1-4,9,12H,5-8,10H2,(H2,18,21)(H,19,22). The van der Waals surface area contributed by atoms with Crippen LogP contribution in [-0.4, -0.2) is 42.4 Å². The van der Waals surface area contributed by atoms with Crippen LogP contribution in [0.4, 0.5) is 0 Å². The first-order chi connectivity index (χ1) is 11.5. The lowest BCUT2D eigenvalue weighted by atomic mass is 10.0. The minimum absolute atomic E-state index is 0.00765. The first kappa shape index (κ1) is 16.2. The fourth-order valence-corrected chi connectivity index (χ4v) is 2.94. The number of benzene rings is 1. The molecule has 1 aliphatic heterocycles. The number of carbonyl (C=O) groups excluding carboxylic acids is 2. The molecule has 1 aromatic heterocycles. The van der Waals surface area contributed by atoms with Crippen molar-refractivity contribution in [2.45, 2.75) is 18.9 Å². The normalized spacial score (nSPS) is 16.2. The third-order valence-corrected chi connectivity index (χ3v) is 4.19. The van der Waals surface area contributed by atoms with Gasteiger partial charge in [-0.1, -0.05) is 18.2 Å². The van der Waals surface area contributed by atoms with Crippen molar-refractivity contribution in [3.63, 3.8) is 0 Å². The lowest BCUT2D eigenvalue weighted by molar-refractivity contribution is -0.119. The van der Waals surface area contributed by atoms with Crippen molar-refractivity contribution in [3.05, 3.63) is 46.3 Å². The van der Waals surface area contributed by atoms with E-state index < -0.39 is 11.5 Å². The Morgan fingerprint density at radius 1 is 1.25 bits per heavy atom. The van der Waals surface area contributed by atoms with Crippen LogP contribution in [0, 0.1) is 0 Å². The smallest absolute Gasteiger partial charge is 0.349 e. The van der Waals surface area contributed by atoms with Gasteiger partial charge >= 0.3 is 5.63 Å². The zero-order valence-corrected chi connectivity index (χ0v) is 13.2. The SMILES string of the molecule is NC(=O)CN1CCC(NC(=O)c2cc3ccccc3oc2=O)CC1. The van der Waals surface area contributed by atoms with Gasteiger partial charge in [-0.15, -0.1) is 0 Å². The van der Waals surface area contributed by atoms with Crippen LogP contribution < -0.4 is 16.7 Å². The van der Waals surface area contributed by atoms with Crippen LogP contribution in [0.2, 0.25) is 0 Å². The first-order valence-corrected chi connectivity index (χ1v) is 7.87. The molecule has 1 aliphatic rings. The van der Waals surface area contributed by atoms with Crippen LogP contribution >= 0.6 is 0 Å². The van der Waals surface area contributed by atoms with E-state index in [0.29, 0.717) is 36.9 Å². The second-order valence-corrected chi connectivity index (χ2v) is 5.98. The molecule has 0 aliphatic carbocycles. The van der Waals surface area contributed by atoms with Gasteiger partial charge in [0, 0.05) is 24.5 Å². The molecule has 7 nitrogen and oxygen atoms in total. The summed E-state index contributed by atoms with van der Waals surface area (Å²) in [7, 11) is 0. The van der Waals surface area contributed by atoms with Gasteiger partial charge in [0.15, 0.2) is 0 Å². The molecule has 2 aromatic rings. The van der Waals surface area contributed by atoms with E-state index in [0.717, 1.165) is 0 Å². The molecular formula is C17H19N3O4. The molecule has 7 heteroatoms. The third kappa shape index (κ3) is 3.62. The number of hydrogen-bond acceptors (Lipinski definition) is 5. The van der Waals surface area contributed by atoms with E-state index >= 15 is 0 Å². The number of para-hydroxylation sites is 1. The van der Waals surface area contributed by atoms with Crippen LogP contribution in [0.1, 0.15) is 23.2 Å². The van der Waals surface area contributed by atoms with E-state index in [1.165, 1.54) is 0 Å². The van der Waals surface area contributed by atoms with Gasteiger partial charge in [-0.2, -0.15) is 0 Å². The average molecular weight is 329 g/mol. The summed E-state index contributed by atoms with van der Waals surface area (Å²) in [5.41, 5.74) is 5.00. The zero-order chi connectivity index (χ0) is 17.1. The van der Waals surface area contributed by atoms with Crippen molar-refractivity contribution in [2.24, 2.45) is 5.73 Å². The summed E-state index contributed by atoms with van der Waals surface area (Å²) in [6.45, 7) is 1.59. The van der Waals surface area contributed by atoms with Crippen LogP contribution in [0.25, 0.3) is 11.0 Å². The number of likely N-dealkylation sites (tertiary alicyclic amines) is 1. The van der Waals surface area contributed by atoms with Gasteiger partial charge in [-0.05, 0) is 25.0 Å². The van der Waals surface area contributed by atoms with Crippen LogP contribution in [0.15, 0.2) is 39.5 Å². The zero-order valence-electron chi connectivity index (χ0n) is 13.2. The molecule has 1 aromatic carbocycles. The quantitative estimate of drug-likeness (QED) is 0.793. The van der Waals surface area contributed by atoms with Crippen molar-refractivity contribution >= 4 is 22.8 Å². The van der Waals surface area contributed by atoms with Gasteiger partial charge in [0.05, 0.1) is 6.54 Å². The molecule has 0 atom stereocenters. The van der Waals surface area contributed by atoms with Crippen molar-refractivity contribution in [1.82, 2.24) is 10.2 Å². The molecule has 0 radical (unpaired) electrons. The van der Waals surface area contributed by atoms with Gasteiger partial charge in [-0.3, -0.25) is 14.5 Å². The number of hydrogen-bond donors (Lipinski definition) is 2. The predicted octanol–water partition coefficient (Wildman–Crippen LogP) is 0.473. The van der Waals surface area contributed by atoms with E-state index in [1.54, 1.807) is 24.3 Å². The lowest BCUT2D eigenvalue weighted by Crippen LogP contribution is -2.47. The minimum Gasteiger partial charge on any atom is -0.422 e. The van der Waals surface area contributed by atoms with Crippen LogP contribution in [-0.2, 0) is 4.79 Å². The number of carbonyl (C=O) groups is 2. The molecule has 126 valence electrons. The molecule has 24 heavy (non-hydrogen) atoms. The Bertz CT molecular complexity index is 822. The maximum atomic E-state index is 12.4. The van der Waals surface area contributed by atoms with Crippen molar-refractivity contribution < 1.29 is 14.0 Å². The summed E-state index contributed by atoms with van der Waals surface area (Å²) in [5, 5.41) is 3.58. The largest absolute Gasteiger partial charge is 0.422 e. The summed E-state index contributed by atoms with van der Waals surface area (Å²) in [4.78, 5) is 37.3. The predicted molar refractivity (Wildman–Crippen MR) is 88.6 cm³/mol. The van der Waals surface area contributed by atoms with Gasteiger partial charge in [0.25, 0.3) is 5.91 Å². The third-order valence-electron chi connectivity index (χ3n) is 4.19. The van der Waals surface area contributed by atoms with E-state index in [1.807, 2.05) is 11.0 Å². The summed E-state index contributed by atoms with van der Waals surface area (Å²) in [5.74, 6) is -0.783. The highest BCUT2D eigenvalue weighted by Gasteiger charge is 2.23. The van der Waals surface area contributed by atoms with Gasteiger partial charge < -0.3 is 15.5 Å². The molecule has 2 amide bonds. The summed E-state index contributed by atoms with van der Waals surface area (Å²) >= 11 is 0. The van der Waals surface area contributed by atoms with Crippen LogP contribution in [0.3, 0.4) is 0 Å². The second kappa shape index (κ2) is 6.84. The Balaban J connectivity index is 1.67. The molecule has 0 spiro atoms. The van der Waals surface area contributed by atoms with Gasteiger partial charge in [-0.25, -0.2) is 4.79 Å². The molecule has 0 saturated carbocycles. The fraction of sp³-hybridized carbons (Fsp3) is 0.353. The van der Waals surface area contributed by atoms with Crippen molar-refractivity contribution in [3.8, 4) is 0 Å². The molecular weight excluding hydrogens is 310 g/mol. The minimum atomic E-state index is -0.641. The van der Waals surface area contributed by atoms with E-state index in [2.05, 4.69) is 5.32 Å². The maximum absolute atomic E-state index is 12.4. The van der Waals surface area contributed by atoms with Crippen molar-refractivity contribution in [1.29, 1.82) is 0 Å². The summed E-state index contributed by atoms with van der Waals surface area (Å²) in [6.07, 6.45) is 1.41. The Morgan fingerprint density at radius 3 is 2.67 bits per heavy atom. The van der Waals surface area contributed by atoms with Gasteiger partial charge in [0.2, 0.25) is 5.91 Å². The Hall–Kier alpha value is -2.67. The van der Waals surface area contributed by atoms with E-state index in [-0.39, 0.29) is 24.1 Å². The van der Waals surface area contributed by atoms with E-state index in [9.17, 15) is 14.4 Å². The van der Waals surface area contributed by atoms with E-state index in [4.69, 9.17) is 10.2 Å². The maximum Gasteiger partial charge on any atom is 0.349 e. The number of amides is 2. The molecule has 1 saturated heterocycles. The molecule has 1 fully saturated rings. The highest BCUT2D eigenvalue weighted by molar-refractivity contribution is 5.96. The Kier molecular flexibility index (Phi) is 4.61. The highest BCUT2D eigenvalue weighted by atomic mass is 16.4. The summed E-state index contributed by atoms with van der Waals surface area (Å²) < 4.78 is 5.19. The highest BCUT2D eigenvalue weighted by Crippen LogP contribution is 2.14. The first-order valence-electron chi connectivity index (χ1n) is 7.87. The number of fused-ring (bicyclic) bond motifs is 1. The number of nitrogens with one attached hydrogen (secondary N) is 1. The molecule has 0 unspecified atom stereocenters. The summed E-state index contributed by atoms with van der Waals surface area (Å²) in [6, 6.07) is 8.58. The van der Waals surface area contributed by atoms with Gasteiger partial charge in [0.1, 0.15) is 11.1 Å². The Morgan fingerprint density at radius 2 is 1.96 bits per heavy atom. The van der Waals surface area contributed by atoms with Crippen LogP contribution in [0.5, 0.6) is 0 Å². The molecule has 0 bridgehead atoms. The monoisotopic (exact) mass is 329 g/mol. The number of rotatable bonds is 4. The Labute approximate surface area is 138 Å². The average Bonchev–Trinajstić information content (AvgIpc) is 2.55. The number of primary amides is 1. The molecule has 2 heterocycles. The van der Waals surface area contributed by atoms with Crippen molar-refractivity contribution in [2.75, 3.05) is 19.6 Å². The topological polar surface area (TPSA) is 106 Å². The number of nitrogens with two attached hydrogens (primary N) is 1. The molecule has 3 N–H and O–H groups in total. The molecule has 3 rings (SSSR count). The lowest BCUT2D eigenvalue weighted by Gasteiger charge is -2.31. The fourth-order valence-electron chi connectivity index (χ4n) is 2.94.